The van der Waals surface area contributed by atoms with Crippen molar-refractivity contribution in [2.45, 2.75) is 13.3 Å². The lowest BCUT2D eigenvalue weighted by molar-refractivity contribution is -0.146. The molecule has 0 heterocycles. The van der Waals surface area contributed by atoms with Crippen LogP contribution in [0.3, 0.4) is 0 Å². The van der Waals surface area contributed by atoms with E-state index in [9.17, 15) is 4.79 Å². The highest BCUT2D eigenvalue weighted by Gasteiger charge is 2.18. The lowest BCUT2D eigenvalue weighted by Crippen LogP contribution is -2.22. The van der Waals surface area contributed by atoms with E-state index < -0.39 is 0 Å². The molecule has 0 aliphatic heterocycles. The predicted molar refractivity (Wildman–Crippen MR) is 70.1 cm³/mol. The summed E-state index contributed by atoms with van der Waals surface area (Å²) in [5.41, 5.74) is 0.434. The Hall–Kier alpha value is -1.54. The minimum Gasteiger partial charge on any atom is -0.491 e. The molecule has 0 saturated carbocycles. The number of benzene rings is 1. The first-order valence-corrected chi connectivity index (χ1v) is 6.32. The molecule has 0 amide bonds. The fourth-order valence-electron chi connectivity index (χ4n) is 1.43. The van der Waals surface area contributed by atoms with Crippen molar-refractivity contribution in [3.63, 3.8) is 0 Å². The smallest absolute Gasteiger partial charge is 0.312 e. The average molecular weight is 312 g/mol. The van der Waals surface area contributed by atoms with Gasteiger partial charge >= 0.3 is 5.97 Å². The SMILES string of the molecule is CCC(COc1ccc(Br)cc1C#N)C(=O)OC. The van der Waals surface area contributed by atoms with Crippen LogP contribution in [0.2, 0.25) is 0 Å². The molecule has 0 aliphatic carbocycles. The van der Waals surface area contributed by atoms with Crippen molar-refractivity contribution in [3.05, 3.63) is 28.2 Å². The summed E-state index contributed by atoms with van der Waals surface area (Å²) in [7, 11) is 1.35. The number of nitriles is 1. The van der Waals surface area contributed by atoms with E-state index in [2.05, 4.69) is 26.7 Å². The van der Waals surface area contributed by atoms with E-state index in [-0.39, 0.29) is 18.5 Å². The van der Waals surface area contributed by atoms with Crippen LogP contribution in [0, 0.1) is 17.2 Å². The van der Waals surface area contributed by atoms with Crippen LogP contribution in [-0.2, 0) is 9.53 Å². The standard InChI is InChI=1S/C13H14BrNO3/c1-3-9(13(16)17-2)8-18-12-5-4-11(14)6-10(12)7-15/h4-6,9H,3,8H2,1-2H3. The molecule has 5 heteroatoms. The Balaban J connectivity index is 2.74. The van der Waals surface area contributed by atoms with Crippen molar-refractivity contribution < 1.29 is 14.3 Å². The highest BCUT2D eigenvalue weighted by atomic mass is 79.9. The van der Waals surface area contributed by atoms with Crippen LogP contribution in [0.25, 0.3) is 0 Å². The number of hydrogen-bond acceptors (Lipinski definition) is 4. The molecule has 1 aromatic carbocycles. The molecule has 0 N–H and O–H groups in total. The summed E-state index contributed by atoms with van der Waals surface area (Å²) in [4.78, 5) is 11.4. The van der Waals surface area contributed by atoms with Crippen LogP contribution in [0.4, 0.5) is 0 Å². The van der Waals surface area contributed by atoms with Crippen LogP contribution >= 0.6 is 15.9 Å². The van der Waals surface area contributed by atoms with Gasteiger partial charge in [0.25, 0.3) is 0 Å². The largest absolute Gasteiger partial charge is 0.491 e. The number of ether oxygens (including phenoxy) is 2. The van der Waals surface area contributed by atoms with Crippen LogP contribution in [0.1, 0.15) is 18.9 Å². The Morgan fingerprint density at radius 3 is 2.83 bits per heavy atom. The van der Waals surface area contributed by atoms with Crippen molar-refractivity contribution in [1.82, 2.24) is 0 Å². The van der Waals surface area contributed by atoms with Crippen molar-refractivity contribution >= 4 is 21.9 Å². The molecular formula is C13H14BrNO3. The summed E-state index contributed by atoms with van der Waals surface area (Å²) in [6, 6.07) is 7.21. The summed E-state index contributed by atoms with van der Waals surface area (Å²) in [5.74, 6) is -0.138. The van der Waals surface area contributed by atoms with E-state index in [1.807, 2.05) is 6.92 Å². The zero-order chi connectivity index (χ0) is 13.5. The Morgan fingerprint density at radius 1 is 1.56 bits per heavy atom. The minimum absolute atomic E-state index is 0.208. The summed E-state index contributed by atoms with van der Waals surface area (Å²) >= 11 is 3.28. The average Bonchev–Trinajstić information content (AvgIpc) is 2.40. The molecule has 0 aliphatic rings. The van der Waals surface area contributed by atoms with Gasteiger partial charge in [0.15, 0.2) is 0 Å². The summed E-state index contributed by atoms with van der Waals surface area (Å²) in [6.07, 6.45) is 0.630. The zero-order valence-electron chi connectivity index (χ0n) is 10.3. The molecular weight excluding hydrogens is 298 g/mol. The lowest BCUT2D eigenvalue weighted by Gasteiger charge is -2.14. The van der Waals surface area contributed by atoms with Gasteiger partial charge in [0.05, 0.1) is 18.6 Å². The maximum Gasteiger partial charge on any atom is 0.312 e. The number of nitrogens with zero attached hydrogens (tertiary/aromatic N) is 1. The second-order valence-electron chi connectivity index (χ2n) is 3.69. The second kappa shape index (κ2) is 7.02. The van der Waals surface area contributed by atoms with E-state index in [1.165, 1.54) is 7.11 Å². The first kappa shape index (κ1) is 14.5. The molecule has 1 unspecified atom stereocenters. The third-order valence-corrected chi connectivity index (χ3v) is 3.02. The first-order chi connectivity index (χ1) is 8.62. The molecule has 96 valence electrons. The van der Waals surface area contributed by atoms with Crippen molar-refractivity contribution in [2.24, 2.45) is 5.92 Å². The zero-order valence-corrected chi connectivity index (χ0v) is 11.9. The molecule has 0 fully saturated rings. The topological polar surface area (TPSA) is 59.3 Å². The molecule has 1 atom stereocenters. The molecule has 4 nitrogen and oxygen atoms in total. The highest BCUT2D eigenvalue weighted by Crippen LogP contribution is 2.23. The van der Waals surface area contributed by atoms with E-state index in [0.29, 0.717) is 17.7 Å². The van der Waals surface area contributed by atoms with Crippen molar-refractivity contribution in [2.75, 3.05) is 13.7 Å². The maximum atomic E-state index is 11.4. The quantitative estimate of drug-likeness (QED) is 0.784. The van der Waals surface area contributed by atoms with Gasteiger partial charge in [-0.1, -0.05) is 22.9 Å². The van der Waals surface area contributed by atoms with Gasteiger partial charge in [-0.15, -0.1) is 0 Å². The van der Waals surface area contributed by atoms with Crippen LogP contribution < -0.4 is 4.74 Å². The number of hydrogen-bond donors (Lipinski definition) is 0. The molecule has 0 spiro atoms. The second-order valence-corrected chi connectivity index (χ2v) is 4.61. The molecule has 0 bridgehead atoms. The normalized spacial score (nSPS) is 11.4. The van der Waals surface area contributed by atoms with Gasteiger partial charge in [0.2, 0.25) is 0 Å². The summed E-state index contributed by atoms with van der Waals surface area (Å²) in [6.45, 7) is 2.09. The van der Waals surface area contributed by atoms with Crippen LogP contribution in [0.5, 0.6) is 5.75 Å². The van der Waals surface area contributed by atoms with Gasteiger partial charge in [-0.05, 0) is 24.6 Å². The predicted octanol–water partition coefficient (Wildman–Crippen LogP) is 2.90. The summed E-state index contributed by atoms with van der Waals surface area (Å²) < 4.78 is 11.0. The monoisotopic (exact) mass is 311 g/mol. The van der Waals surface area contributed by atoms with Crippen LogP contribution in [0.15, 0.2) is 22.7 Å². The molecule has 18 heavy (non-hydrogen) atoms. The van der Waals surface area contributed by atoms with E-state index in [1.54, 1.807) is 18.2 Å². The van der Waals surface area contributed by atoms with E-state index >= 15 is 0 Å². The number of halogens is 1. The molecule has 0 saturated heterocycles. The van der Waals surface area contributed by atoms with Gasteiger partial charge in [0, 0.05) is 4.47 Å². The van der Waals surface area contributed by atoms with Crippen molar-refractivity contribution in [1.29, 1.82) is 5.26 Å². The highest BCUT2D eigenvalue weighted by molar-refractivity contribution is 9.10. The van der Waals surface area contributed by atoms with Crippen LogP contribution in [-0.4, -0.2) is 19.7 Å². The lowest BCUT2D eigenvalue weighted by atomic mass is 10.1. The Bertz CT molecular complexity index is 468. The van der Waals surface area contributed by atoms with Gasteiger partial charge < -0.3 is 9.47 Å². The third kappa shape index (κ3) is 3.74. The van der Waals surface area contributed by atoms with Gasteiger partial charge in [-0.25, -0.2) is 0 Å². The fraction of sp³-hybridized carbons (Fsp3) is 0.385. The van der Waals surface area contributed by atoms with E-state index in [0.717, 1.165) is 4.47 Å². The summed E-state index contributed by atoms with van der Waals surface area (Å²) in [5, 5.41) is 8.98. The Morgan fingerprint density at radius 2 is 2.28 bits per heavy atom. The molecule has 0 aromatic heterocycles. The van der Waals surface area contributed by atoms with Gasteiger partial charge in [0.1, 0.15) is 18.4 Å². The number of rotatable bonds is 5. The molecule has 1 aromatic rings. The Labute approximate surface area is 115 Å². The molecule has 0 radical (unpaired) electrons. The number of carbonyl (C=O) groups is 1. The Kier molecular flexibility index (Phi) is 5.66. The van der Waals surface area contributed by atoms with Crippen molar-refractivity contribution in [3.8, 4) is 11.8 Å². The third-order valence-electron chi connectivity index (χ3n) is 2.53. The number of esters is 1. The van der Waals surface area contributed by atoms with E-state index in [4.69, 9.17) is 10.00 Å². The maximum absolute atomic E-state index is 11.4. The minimum atomic E-state index is -0.315. The number of carbonyl (C=O) groups excluding carboxylic acids is 1. The number of methoxy groups -OCH3 is 1. The first-order valence-electron chi connectivity index (χ1n) is 5.52. The molecule has 1 rings (SSSR count). The fourth-order valence-corrected chi connectivity index (χ4v) is 1.79. The van der Waals surface area contributed by atoms with Gasteiger partial charge in [-0.2, -0.15) is 5.26 Å². The van der Waals surface area contributed by atoms with Gasteiger partial charge in [-0.3, -0.25) is 4.79 Å².